The molecule has 12 nitrogen and oxygen atoms in total. The molecule has 0 atom stereocenters. The first kappa shape index (κ1) is 38.5. The minimum absolute atomic E-state index is 0.0779. The molecular formula is C32H42Br2N4O8. The van der Waals surface area contributed by atoms with Gasteiger partial charge in [-0.25, -0.2) is 14.4 Å². The number of rotatable bonds is 12. The Balaban J connectivity index is 1.96. The van der Waals surface area contributed by atoms with Crippen molar-refractivity contribution in [3.8, 4) is 5.75 Å². The van der Waals surface area contributed by atoms with E-state index < -0.39 is 29.4 Å². The number of alkyl carbamates (subject to hydrolysis) is 2. The standard InChI is InChI=1S/C32H42Br2N4O8/c1-31(2,3)45-29(40)36-28(37-30(41)46-32(4,5)6)35-15-11-12-16-43-26-23(33)17-22(18-24(26)34)19-25(27(39)42-7)38-44-20-21-13-9-8-10-14-21/h8-10,13-14,17-18H,11-12,15-16,19-20H2,1-7H3,(H2,35,36,37,40,41). The number of benzene rings is 2. The number of hydrogen-bond acceptors (Lipinski definition) is 10. The summed E-state index contributed by atoms with van der Waals surface area (Å²) in [5.74, 6) is -0.0807. The number of carbonyl (C=O) groups excluding carboxylic acids is 3. The zero-order valence-electron chi connectivity index (χ0n) is 27.2. The molecule has 2 amide bonds. The van der Waals surface area contributed by atoms with Crippen molar-refractivity contribution in [1.29, 1.82) is 0 Å². The van der Waals surface area contributed by atoms with Crippen LogP contribution in [0.15, 0.2) is 61.6 Å². The van der Waals surface area contributed by atoms with Crippen LogP contribution in [0, 0.1) is 0 Å². The minimum atomic E-state index is -0.756. The predicted molar refractivity (Wildman–Crippen MR) is 182 cm³/mol. The molecule has 2 aromatic carbocycles. The van der Waals surface area contributed by atoms with E-state index in [0.717, 1.165) is 11.1 Å². The first-order valence-electron chi connectivity index (χ1n) is 14.5. The number of ether oxygens (including phenoxy) is 4. The number of esters is 1. The molecule has 0 unspecified atom stereocenters. The third kappa shape index (κ3) is 15.6. The fraction of sp³-hybridized carbons (Fsp3) is 0.469. The first-order valence-corrected chi connectivity index (χ1v) is 16.1. The average molecular weight is 771 g/mol. The van der Waals surface area contributed by atoms with Gasteiger partial charge >= 0.3 is 18.2 Å². The molecule has 2 N–H and O–H groups in total. The Bertz CT molecular complexity index is 1330. The number of nitrogens with zero attached hydrogens (tertiary/aromatic N) is 2. The van der Waals surface area contributed by atoms with Gasteiger partial charge < -0.3 is 23.8 Å². The summed E-state index contributed by atoms with van der Waals surface area (Å²) < 4.78 is 22.7. The fourth-order valence-electron chi connectivity index (χ4n) is 3.55. The summed E-state index contributed by atoms with van der Waals surface area (Å²) in [6.07, 6.45) is -0.130. The number of amides is 2. The predicted octanol–water partition coefficient (Wildman–Crippen LogP) is 7.06. The average Bonchev–Trinajstić information content (AvgIpc) is 2.93. The topological polar surface area (TPSA) is 146 Å². The highest BCUT2D eigenvalue weighted by molar-refractivity contribution is 9.11. The molecule has 0 heterocycles. The number of oxime groups is 1. The van der Waals surface area contributed by atoms with E-state index >= 15 is 0 Å². The molecule has 0 aliphatic heterocycles. The van der Waals surface area contributed by atoms with Crippen LogP contribution in [-0.2, 0) is 36.9 Å². The number of aliphatic imine (C=N–C) groups is 1. The smallest absolute Gasteiger partial charge is 0.414 e. The molecule has 0 bridgehead atoms. The van der Waals surface area contributed by atoms with Crippen molar-refractivity contribution >= 4 is 61.7 Å². The lowest BCUT2D eigenvalue weighted by Gasteiger charge is -2.22. The van der Waals surface area contributed by atoms with Gasteiger partial charge in [-0.2, -0.15) is 0 Å². The Hall–Kier alpha value is -3.65. The van der Waals surface area contributed by atoms with Crippen molar-refractivity contribution in [2.45, 2.75) is 78.6 Å². The summed E-state index contributed by atoms with van der Waals surface area (Å²) in [7, 11) is 1.29. The summed E-state index contributed by atoms with van der Waals surface area (Å²) in [5.41, 5.74) is 0.356. The highest BCUT2D eigenvalue weighted by Gasteiger charge is 2.21. The van der Waals surface area contributed by atoms with Gasteiger partial charge in [0.1, 0.15) is 23.6 Å². The first-order chi connectivity index (χ1) is 21.6. The van der Waals surface area contributed by atoms with Crippen LogP contribution in [0.5, 0.6) is 5.75 Å². The molecule has 0 aliphatic carbocycles. The summed E-state index contributed by atoms with van der Waals surface area (Å²) in [6.45, 7) is 11.2. The Kier molecular flexibility index (Phi) is 15.5. The SMILES string of the molecule is COC(=O)C(Cc1cc(Br)c(OCCCCN=C(NC(=O)OC(C)(C)C)NC(=O)OC(C)(C)C)c(Br)c1)=NOCc1ccccc1. The highest BCUT2D eigenvalue weighted by Crippen LogP contribution is 2.35. The van der Waals surface area contributed by atoms with Crippen LogP contribution < -0.4 is 15.4 Å². The van der Waals surface area contributed by atoms with Gasteiger partial charge in [0.05, 0.1) is 22.7 Å². The summed E-state index contributed by atoms with van der Waals surface area (Å²) in [4.78, 5) is 46.6. The summed E-state index contributed by atoms with van der Waals surface area (Å²) in [5, 5.41) is 8.94. The van der Waals surface area contributed by atoms with Crippen molar-refractivity contribution in [1.82, 2.24) is 10.6 Å². The van der Waals surface area contributed by atoms with Crippen molar-refractivity contribution < 1.29 is 38.2 Å². The Labute approximate surface area is 286 Å². The number of carbonyl (C=O) groups is 3. The second kappa shape index (κ2) is 18.5. The van der Waals surface area contributed by atoms with E-state index in [0.29, 0.717) is 34.1 Å². The molecule has 0 spiro atoms. The van der Waals surface area contributed by atoms with Gasteiger partial charge in [0.15, 0.2) is 5.71 Å². The summed E-state index contributed by atoms with van der Waals surface area (Å²) >= 11 is 7.09. The maximum absolute atomic E-state index is 12.3. The van der Waals surface area contributed by atoms with Crippen molar-refractivity contribution in [3.63, 3.8) is 0 Å². The zero-order valence-corrected chi connectivity index (χ0v) is 30.4. The van der Waals surface area contributed by atoms with Crippen molar-refractivity contribution in [3.05, 3.63) is 62.5 Å². The molecule has 252 valence electrons. The number of halogens is 2. The van der Waals surface area contributed by atoms with Gasteiger partial charge in [0, 0.05) is 13.0 Å². The number of nitrogens with one attached hydrogen (secondary N) is 2. The normalized spacial score (nSPS) is 11.6. The number of hydrogen-bond donors (Lipinski definition) is 2. The minimum Gasteiger partial charge on any atom is -0.491 e. The van der Waals surface area contributed by atoms with E-state index in [1.165, 1.54) is 7.11 Å². The van der Waals surface area contributed by atoms with E-state index in [9.17, 15) is 14.4 Å². The lowest BCUT2D eigenvalue weighted by molar-refractivity contribution is -0.133. The number of unbranched alkanes of at least 4 members (excludes halogenated alkanes) is 1. The molecular weight excluding hydrogens is 728 g/mol. The molecule has 0 fully saturated rings. The highest BCUT2D eigenvalue weighted by atomic mass is 79.9. The van der Waals surface area contributed by atoms with Crippen molar-refractivity contribution in [2.24, 2.45) is 10.1 Å². The van der Waals surface area contributed by atoms with Gasteiger partial charge in [0.2, 0.25) is 5.96 Å². The van der Waals surface area contributed by atoms with Crippen LogP contribution >= 0.6 is 31.9 Å². The zero-order chi connectivity index (χ0) is 34.3. The van der Waals surface area contributed by atoms with Crippen LogP contribution in [0.25, 0.3) is 0 Å². The number of methoxy groups -OCH3 is 1. The van der Waals surface area contributed by atoms with Gasteiger partial charge in [0.25, 0.3) is 0 Å². The van der Waals surface area contributed by atoms with Crippen LogP contribution in [0.2, 0.25) is 0 Å². The third-order valence-corrected chi connectivity index (χ3v) is 6.58. The van der Waals surface area contributed by atoms with Crippen molar-refractivity contribution in [2.75, 3.05) is 20.3 Å². The Morgan fingerprint density at radius 2 is 1.39 bits per heavy atom. The maximum Gasteiger partial charge on any atom is 0.414 e. The van der Waals surface area contributed by atoms with Gasteiger partial charge in [-0.05, 0) is 110 Å². The van der Waals surface area contributed by atoms with E-state index in [1.54, 1.807) is 41.5 Å². The molecule has 2 aromatic rings. The van der Waals surface area contributed by atoms with Crippen LogP contribution in [-0.4, -0.2) is 61.3 Å². The van der Waals surface area contributed by atoms with Gasteiger partial charge in [-0.3, -0.25) is 15.6 Å². The molecule has 0 saturated carbocycles. The van der Waals surface area contributed by atoms with E-state index in [4.69, 9.17) is 23.8 Å². The lowest BCUT2D eigenvalue weighted by atomic mass is 10.1. The fourth-order valence-corrected chi connectivity index (χ4v) is 5.06. The molecule has 46 heavy (non-hydrogen) atoms. The second-order valence-corrected chi connectivity index (χ2v) is 13.6. The molecule has 0 radical (unpaired) electrons. The maximum atomic E-state index is 12.3. The Morgan fingerprint density at radius 1 is 0.826 bits per heavy atom. The van der Waals surface area contributed by atoms with E-state index in [2.05, 4.69) is 52.6 Å². The van der Waals surface area contributed by atoms with Crippen LogP contribution in [0.1, 0.15) is 65.5 Å². The van der Waals surface area contributed by atoms with E-state index in [1.807, 2.05) is 42.5 Å². The van der Waals surface area contributed by atoms with Gasteiger partial charge in [-0.15, -0.1) is 0 Å². The largest absolute Gasteiger partial charge is 0.491 e. The Morgan fingerprint density at radius 3 is 1.91 bits per heavy atom. The molecule has 0 aliphatic rings. The lowest BCUT2D eigenvalue weighted by Crippen LogP contribution is -2.47. The van der Waals surface area contributed by atoms with Gasteiger partial charge in [-0.1, -0.05) is 35.5 Å². The quantitative estimate of drug-likeness (QED) is 0.0583. The monoisotopic (exact) mass is 768 g/mol. The molecule has 14 heteroatoms. The number of guanidine groups is 1. The molecule has 0 aromatic heterocycles. The third-order valence-electron chi connectivity index (χ3n) is 5.41. The van der Waals surface area contributed by atoms with Crippen LogP contribution in [0.3, 0.4) is 0 Å². The molecule has 2 rings (SSSR count). The van der Waals surface area contributed by atoms with Crippen LogP contribution in [0.4, 0.5) is 9.59 Å². The summed E-state index contributed by atoms with van der Waals surface area (Å²) in [6, 6.07) is 13.2. The molecule has 0 saturated heterocycles. The second-order valence-electron chi connectivity index (χ2n) is 11.9. The van der Waals surface area contributed by atoms with E-state index in [-0.39, 0.29) is 31.2 Å².